The molecule has 0 radical (unpaired) electrons. The summed E-state index contributed by atoms with van der Waals surface area (Å²) in [6, 6.07) is 14.4. The van der Waals surface area contributed by atoms with Gasteiger partial charge in [0.15, 0.2) is 0 Å². The Balaban J connectivity index is 1.79. The highest BCUT2D eigenvalue weighted by atomic mass is 15.2. The summed E-state index contributed by atoms with van der Waals surface area (Å²) in [7, 11) is 0. The third-order valence-electron chi connectivity index (χ3n) is 3.02. The molecule has 0 aliphatic heterocycles. The Kier molecular flexibility index (Phi) is 5.09. The predicted molar refractivity (Wildman–Crippen MR) is 83.5 cm³/mol. The largest absolute Gasteiger partial charge is 0.342 e. The fraction of sp³-hybridized carbons (Fsp3) is 0.312. The summed E-state index contributed by atoms with van der Waals surface area (Å²) in [5.74, 6) is 0.808. The van der Waals surface area contributed by atoms with Crippen LogP contribution >= 0.6 is 0 Å². The minimum atomic E-state index is -0.299. The number of nitrogens with one attached hydrogen (secondary N) is 2. The molecule has 4 N–H and O–H groups in total. The van der Waals surface area contributed by atoms with Crippen molar-refractivity contribution in [3.63, 3.8) is 0 Å². The molecule has 1 aromatic heterocycles. The van der Waals surface area contributed by atoms with Crippen molar-refractivity contribution >= 4 is 5.82 Å². The first-order valence-corrected chi connectivity index (χ1v) is 6.88. The standard InChI is InChI=1S/C16H22N4/c1-12-10-13(2)19-15(11-12)20-16(17)18-9-8-14-6-4-3-5-7-14/h3-7,10-11,16,18H,8-9,17H2,1-2H3,(H,19,20). The maximum Gasteiger partial charge on any atom is 0.130 e. The third-order valence-corrected chi connectivity index (χ3v) is 3.02. The van der Waals surface area contributed by atoms with E-state index in [2.05, 4.69) is 27.8 Å². The lowest BCUT2D eigenvalue weighted by Crippen LogP contribution is -2.45. The minimum Gasteiger partial charge on any atom is -0.342 e. The van der Waals surface area contributed by atoms with Crippen LogP contribution in [-0.2, 0) is 6.42 Å². The van der Waals surface area contributed by atoms with Gasteiger partial charge in [0.1, 0.15) is 12.1 Å². The molecule has 1 aromatic carbocycles. The van der Waals surface area contributed by atoms with Crippen LogP contribution in [0.3, 0.4) is 0 Å². The van der Waals surface area contributed by atoms with Crippen molar-refractivity contribution < 1.29 is 0 Å². The quantitative estimate of drug-likeness (QED) is 0.704. The first-order valence-electron chi connectivity index (χ1n) is 6.88. The summed E-state index contributed by atoms with van der Waals surface area (Å²) in [4.78, 5) is 4.41. The van der Waals surface area contributed by atoms with Crippen molar-refractivity contribution in [2.45, 2.75) is 26.6 Å². The highest BCUT2D eigenvalue weighted by molar-refractivity contribution is 5.39. The van der Waals surface area contributed by atoms with E-state index in [1.54, 1.807) is 0 Å². The maximum absolute atomic E-state index is 6.01. The van der Waals surface area contributed by atoms with E-state index in [0.717, 1.165) is 24.5 Å². The van der Waals surface area contributed by atoms with Crippen LogP contribution in [0.1, 0.15) is 16.8 Å². The highest BCUT2D eigenvalue weighted by Gasteiger charge is 2.03. The zero-order valence-corrected chi connectivity index (χ0v) is 12.1. The Labute approximate surface area is 120 Å². The summed E-state index contributed by atoms with van der Waals surface area (Å²) >= 11 is 0. The topological polar surface area (TPSA) is 63.0 Å². The monoisotopic (exact) mass is 270 g/mol. The summed E-state index contributed by atoms with van der Waals surface area (Å²) in [6.45, 7) is 4.85. The number of rotatable bonds is 6. The molecule has 106 valence electrons. The molecule has 0 bridgehead atoms. The molecule has 2 aromatic rings. The van der Waals surface area contributed by atoms with Gasteiger partial charge in [-0.3, -0.25) is 11.1 Å². The second-order valence-electron chi connectivity index (χ2n) is 4.98. The summed E-state index contributed by atoms with van der Waals surface area (Å²) in [5.41, 5.74) is 9.48. The number of nitrogens with zero attached hydrogens (tertiary/aromatic N) is 1. The van der Waals surface area contributed by atoms with Crippen LogP contribution in [0.5, 0.6) is 0 Å². The predicted octanol–water partition coefficient (Wildman–Crippen LogP) is 2.18. The zero-order valence-electron chi connectivity index (χ0n) is 12.1. The molecule has 4 nitrogen and oxygen atoms in total. The summed E-state index contributed by atoms with van der Waals surface area (Å²) in [6.07, 6.45) is 0.656. The Bertz CT molecular complexity index is 519. The van der Waals surface area contributed by atoms with Crippen LogP contribution in [0.4, 0.5) is 5.82 Å². The van der Waals surface area contributed by atoms with Gasteiger partial charge in [0.05, 0.1) is 0 Å². The average Bonchev–Trinajstić information content (AvgIpc) is 2.38. The number of pyridine rings is 1. The normalized spacial score (nSPS) is 12.2. The first kappa shape index (κ1) is 14.5. The van der Waals surface area contributed by atoms with Gasteiger partial charge < -0.3 is 5.32 Å². The van der Waals surface area contributed by atoms with Gasteiger partial charge in [0, 0.05) is 12.2 Å². The lowest BCUT2D eigenvalue weighted by Gasteiger charge is -2.17. The van der Waals surface area contributed by atoms with Crippen molar-refractivity contribution in [1.29, 1.82) is 0 Å². The number of aryl methyl sites for hydroxylation is 2. The summed E-state index contributed by atoms with van der Waals surface area (Å²) < 4.78 is 0. The molecule has 0 saturated carbocycles. The third kappa shape index (κ3) is 4.64. The van der Waals surface area contributed by atoms with Gasteiger partial charge >= 0.3 is 0 Å². The van der Waals surface area contributed by atoms with Crippen molar-refractivity contribution in [2.24, 2.45) is 5.73 Å². The molecule has 1 heterocycles. The number of aromatic nitrogens is 1. The molecule has 0 spiro atoms. The molecular formula is C16H22N4. The molecular weight excluding hydrogens is 248 g/mol. The molecule has 0 fully saturated rings. The molecule has 0 saturated heterocycles. The maximum atomic E-state index is 6.01. The van der Waals surface area contributed by atoms with E-state index < -0.39 is 0 Å². The molecule has 1 atom stereocenters. The van der Waals surface area contributed by atoms with E-state index in [-0.39, 0.29) is 6.29 Å². The van der Waals surface area contributed by atoms with Gasteiger partial charge in [0.2, 0.25) is 0 Å². The summed E-state index contributed by atoms with van der Waals surface area (Å²) in [5, 5.41) is 6.41. The van der Waals surface area contributed by atoms with Gasteiger partial charge in [0.25, 0.3) is 0 Å². The number of anilines is 1. The van der Waals surface area contributed by atoms with Crippen molar-refractivity contribution in [2.75, 3.05) is 11.9 Å². The second kappa shape index (κ2) is 7.03. The van der Waals surface area contributed by atoms with Crippen LogP contribution in [0.2, 0.25) is 0 Å². The van der Waals surface area contributed by atoms with Crippen molar-refractivity contribution in [1.82, 2.24) is 10.3 Å². The molecule has 2 rings (SSSR count). The van der Waals surface area contributed by atoms with Crippen LogP contribution in [-0.4, -0.2) is 17.8 Å². The van der Waals surface area contributed by atoms with E-state index in [9.17, 15) is 0 Å². The number of benzene rings is 1. The molecule has 0 amide bonds. The zero-order chi connectivity index (χ0) is 14.4. The average molecular weight is 270 g/mol. The van der Waals surface area contributed by atoms with Gasteiger partial charge in [-0.15, -0.1) is 0 Å². The molecule has 4 heteroatoms. The Morgan fingerprint density at radius 2 is 1.90 bits per heavy atom. The fourth-order valence-corrected chi connectivity index (χ4v) is 2.14. The van der Waals surface area contributed by atoms with Gasteiger partial charge in [-0.25, -0.2) is 4.98 Å². The lowest BCUT2D eigenvalue weighted by atomic mass is 10.1. The first-order chi connectivity index (χ1) is 9.63. The van der Waals surface area contributed by atoms with Crippen LogP contribution in [0, 0.1) is 13.8 Å². The molecule has 0 aliphatic rings. The van der Waals surface area contributed by atoms with Crippen LogP contribution < -0.4 is 16.4 Å². The second-order valence-corrected chi connectivity index (χ2v) is 4.98. The Morgan fingerprint density at radius 1 is 1.15 bits per heavy atom. The number of hydrogen-bond acceptors (Lipinski definition) is 4. The van der Waals surface area contributed by atoms with Gasteiger partial charge in [-0.1, -0.05) is 30.3 Å². The van der Waals surface area contributed by atoms with Gasteiger partial charge in [-0.05, 0) is 43.5 Å². The molecule has 1 unspecified atom stereocenters. The van der Waals surface area contributed by atoms with Crippen molar-refractivity contribution in [3.8, 4) is 0 Å². The van der Waals surface area contributed by atoms with Crippen LogP contribution in [0.25, 0.3) is 0 Å². The molecule has 20 heavy (non-hydrogen) atoms. The fourth-order valence-electron chi connectivity index (χ4n) is 2.14. The Morgan fingerprint density at radius 3 is 2.60 bits per heavy atom. The van der Waals surface area contributed by atoms with E-state index in [4.69, 9.17) is 5.73 Å². The number of nitrogens with two attached hydrogens (primary N) is 1. The molecule has 0 aliphatic carbocycles. The van der Waals surface area contributed by atoms with E-state index in [0.29, 0.717) is 0 Å². The highest BCUT2D eigenvalue weighted by Crippen LogP contribution is 2.08. The smallest absolute Gasteiger partial charge is 0.130 e. The van der Waals surface area contributed by atoms with E-state index in [1.165, 1.54) is 11.1 Å². The van der Waals surface area contributed by atoms with Crippen LogP contribution in [0.15, 0.2) is 42.5 Å². The minimum absolute atomic E-state index is 0.299. The number of hydrogen-bond donors (Lipinski definition) is 3. The SMILES string of the molecule is Cc1cc(C)nc(NC(N)NCCc2ccccc2)c1. The van der Waals surface area contributed by atoms with Crippen molar-refractivity contribution in [3.05, 3.63) is 59.3 Å². The van der Waals surface area contributed by atoms with E-state index >= 15 is 0 Å². The van der Waals surface area contributed by atoms with Gasteiger partial charge in [-0.2, -0.15) is 0 Å². The lowest BCUT2D eigenvalue weighted by molar-refractivity contribution is 0.578. The van der Waals surface area contributed by atoms with E-state index in [1.807, 2.05) is 44.2 Å². The Hall–Kier alpha value is -1.91.